The number of anilines is 1. The minimum atomic E-state index is -0.497. The van der Waals surface area contributed by atoms with Crippen LogP contribution in [0.25, 0.3) is 6.08 Å². The standard InChI is InChI=1S/C26H22FNO3S2/c1-3-30-23-15-18(13-14-22(23)31-17(2)19-9-5-4-6-10-19)16-24-25(29)28(26(32)33-24)21-12-8-7-11-20(21)27/h4-17H,3H2,1-2H3/b24-16+/t17-/m1/s1. The molecule has 4 rings (SSSR count). The molecule has 0 spiro atoms. The molecule has 0 bridgehead atoms. The molecule has 4 nitrogen and oxygen atoms in total. The Balaban J connectivity index is 1.59. The van der Waals surface area contributed by atoms with Crippen LogP contribution in [-0.4, -0.2) is 16.8 Å². The average Bonchev–Trinajstić information content (AvgIpc) is 3.09. The summed E-state index contributed by atoms with van der Waals surface area (Å²) in [5, 5.41) is 0. The second kappa shape index (κ2) is 10.2. The first kappa shape index (κ1) is 23.0. The maximum atomic E-state index is 14.2. The van der Waals surface area contributed by atoms with Gasteiger partial charge in [0.1, 0.15) is 11.9 Å². The fourth-order valence-corrected chi connectivity index (χ4v) is 4.71. The number of ether oxygens (including phenoxy) is 2. The largest absolute Gasteiger partial charge is 0.490 e. The lowest BCUT2D eigenvalue weighted by molar-refractivity contribution is -0.113. The number of halogens is 1. The van der Waals surface area contributed by atoms with Crippen molar-refractivity contribution in [3.8, 4) is 11.5 Å². The highest BCUT2D eigenvalue weighted by Crippen LogP contribution is 2.38. The Morgan fingerprint density at radius 1 is 1.06 bits per heavy atom. The van der Waals surface area contributed by atoms with Crippen molar-refractivity contribution in [1.29, 1.82) is 0 Å². The van der Waals surface area contributed by atoms with E-state index in [-0.39, 0.29) is 22.0 Å². The first-order valence-corrected chi connectivity index (χ1v) is 11.7. The summed E-state index contributed by atoms with van der Waals surface area (Å²) in [4.78, 5) is 14.6. The van der Waals surface area contributed by atoms with Gasteiger partial charge in [-0.15, -0.1) is 0 Å². The normalized spacial score (nSPS) is 15.7. The predicted octanol–water partition coefficient (Wildman–Crippen LogP) is 6.77. The van der Waals surface area contributed by atoms with Gasteiger partial charge in [0.25, 0.3) is 5.91 Å². The summed E-state index contributed by atoms with van der Waals surface area (Å²) < 4.78 is 26.5. The van der Waals surface area contributed by atoms with Crippen molar-refractivity contribution < 1.29 is 18.7 Å². The third-order valence-electron chi connectivity index (χ3n) is 5.03. The number of hydrogen-bond acceptors (Lipinski definition) is 5. The summed E-state index contributed by atoms with van der Waals surface area (Å²) in [6.07, 6.45) is 1.57. The van der Waals surface area contributed by atoms with Gasteiger partial charge in [-0.05, 0) is 55.3 Å². The number of thioether (sulfide) groups is 1. The molecule has 3 aromatic rings. The van der Waals surface area contributed by atoms with Crippen LogP contribution in [0.2, 0.25) is 0 Å². The van der Waals surface area contributed by atoms with Crippen molar-refractivity contribution >= 4 is 46.0 Å². The number of benzene rings is 3. The second-order valence-electron chi connectivity index (χ2n) is 7.28. The van der Waals surface area contributed by atoms with Crippen LogP contribution in [0.4, 0.5) is 10.1 Å². The number of thiocarbonyl (C=S) groups is 1. The van der Waals surface area contributed by atoms with E-state index in [0.29, 0.717) is 23.0 Å². The predicted molar refractivity (Wildman–Crippen MR) is 135 cm³/mol. The fraction of sp³-hybridized carbons (Fsp3) is 0.154. The van der Waals surface area contributed by atoms with E-state index in [2.05, 4.69) is 0 Å². The van der Waals surface area contributed by atoms with Crippen molar-refractivity contribution in [2.24, 2.45) is 0 Å². The van der Waals surface area contributed by atoms with E-state index < -0.39 is 5.82 Å². The lowest BCUT2D eigenvalue weighted by Gasteiger charge is -2.18. The molecule has 0 saturated carbocycles. The molecule has 7 heteroatoms. The molecular weight excluding hydrogens is 457 g/mol. The van der Waals surface area contributed by atoms with Crippen molar-refractivity contribution in [1.82, 2.24) is 0 Å². The van der Waals surface area contributed by atoms with Crippen LogP contribution in [0.1, 0.15) is 31.1 Å². The number of nitrogens with zero attached hydrogens (tertiary/aromatic N) is 1. The molecule has 1 saturated heterocycles. The van der Waals surface area contributed by atoms with E-state index in [9.17, 15) is 9.18 Å². The first-order valence-electron chi connectivity index (χ1n) is 10.5. The van der Waals surface area contributed by atoms with E-state index in [1.807, 2.05) is 62.4 Å². The molecule has 0 aromatic heterocycles. The van der Waals surface area contributed by atoms with E-state index >= 15 is 0 Å². The summed E-state index contributed by atoms with van der Waals surface area (Å²) in [6.45, 7) is 4.35. The van der Waals surface area contributed by atoms with Gasteiger partial charge in [0.05, 0.1) is 17.2 Å². The van der Waals surface area contributed by atoms with E-state index in [0.717, 1.165) is 22.9 Å². The highest BCUT2D eigenvalue weighted by Gasteiger charge is 2.34. The van der Waals surface area contributed by atoms with Gasteiger partial charge in [0.2, 0.25) is 0 Å². The topological polar surface area (TPSA) is 38.8 Å². The summed E-state index contributed by atoms with van der Waals surface area (Å²) in [6, 6.07) is 21.5. The molecule has 0 N–H and O–H groups in total. The minimum Gasteiger partial charge on any atom is -0.490 e. The highest BCUT2D eigenvalue weighted by atomic mass is 32.2. The van der Waals surface area contributed by atoms with Gasteiger partial charge in [0, 0.05) is 0 Å². The van der Waals surface area contributed by atoms with Crippen molar-refractivity contribution in [3.05, 3.63) is 94.6 Å². The fourth-order valence-electron chi connectivity index (χ4n) is 3.42. The maximum Gasteiger partial charge on any atom is 0.270 e. The van der Waals surface area contributed by atoms with Gasteiger partial charge in [-0.25, -0.2) is 4.39 Å². The Labute approximate surface area is 202 Å². The molecule has 1 aliphatic heterocycles. The van der Waals surface area contributed by atoms with Crippen LogP contribution in [0.3, 0.4) is 0 Å². The number of carbonyl (C=O) groups excluding carboxylic acids is 1. The van der Waals surface area contributed by atoms with Crippen LogP contribution in [0.15, 0.2) is 77.7 Å². The van der Waals surface area contributed by atoms with Gasteiger partial charge < -0.3 is 9.47 Å². The molecule has 3 aromatic carbocycles. The van der Waals surface area contributed by atoms with E-state index in [1.54, 1.807) is 18.2 Å². The number of hydrogen-bond donors (Lipinski definition) is 0. The Morgan fingerprint density at radius 3 is 2.52 bits per heavy atom. The molecule has 1 atom stereocenters. The molecule has 1 amide bonds. The lowest BCUT2D eigenvalue weighted by atomic mass is 10.1. The Hall–Kier alpha value is -3.16. The molecule has 1 aliphatic rings. The van der Waals surface area contributed by atoms with Gasteiger partial charge in [-0.2, -0.15) is 0 Å². The van der Waals surface area contributed by atoms with E-state index in [4.69, 9.17) is 21.7 Å². The third-order valence-corrected chi connectivity index (χ3v) is 6.33. The number of rotatable bonds is 7. The number of amides is 1. The quantitative estimate of drug-likeness (QED) is 0.276. The third kappa shape index (κ3) is 5.10. The molecule has 0 radical (unpaired) electrons. The van der Waals surface area contributed by atoms with Crippen molar-refractivity contribution in [3.63, 3.8) is 0 Å². The molecule has 1 heterocycles. The minimum absolute atomic E-state index is 0.150. The maximum absolute atomic E-state index is 14.2. The molecule has 168 valence electrons. The van der Waals surface area contributed by atoms with Crippen LogP contribution in [-0.2, 0) is 4.79 Å². The smallest absolute Gasteiger partial charge is 0.270 e. The average molecular weight is 480 g/mol. The summed E-state index contributed by atoms with van der Waals surface area (Å²) in [5.41, 5.74) is 1.96. The number of carbonyl (C=O) groups is 1. The van der Waals surface area contributed by atoms with Crippen LogP contribution < -0.4 is 14.4 Å². The molecule has 0 unspecified atom stereocenters. The summed E-state index contributed by atoms with van der Waals surface area (Å²) in [5.74, 6) is 0.344. The van der Waals surface area contributed by atoms with Gasteiger partial charge in [0.15, 0.2) is 15.8 Å². The first-order chi connectivity index (χ1) is 16.0. The molecular formula is C26H22FNO3S2. The summed E-state index contributed by atoms with van der Waals surface area (Å²) >= 11 is 6.49. The van der Waals surface area contributed by atoms with Crippen LogP contribution in [0.5, 0.6) is 11.5 Å². The number of para-hydroxylation sites is 1. The lowest BCUT2D eigenvalue weighted by Crippen LogP contribution is -2.28. The second-order valence-corrected chi connectivity index (χ2v) is 8.95. The van der Waals surface area contributed by atoms with Crippen molar-refractivity contribution in [2.75, 3.05) is 11.5 Å². The Kier molecular flexibility index (Phi) is 7.11. The van der Waals surface area contributed by atoms with Crippen LogP contribution in [0, 0.1) is 5.82 Å². The molecule has 33 heavy (non-hydrogen) atoms. The van der Waals surface area contributed by atoms with Gasteiger partial charge in [-0.1, -0.05) is 72.5 Å². The zero-order valence-electron chi connectivity index (χ0n) is 18.2. The monoisotopic (exact) mass is 479 g/mol. The van der Waals surface area contributed by atoms with E-state index in [1.165, 1.54) is 17.0 Å². The Morgan fingerprint density at radius 2 is 1.79 bits per heavy atom. The highest BCUT2D eigenvalue weighted by molar-refractivity contribution is 8.27. The van der Waals surface area contributed by atoms with Gasteiger partial charge >= 0.3 is 0 Å². The Bertz CT molecular complexity index is 1210. The molecule has 0 aliphatic carbocycles. The zero-order valence-corrected chi connectivity index (χ0v) is 19.8. The zero-order chi connectivity index (χ0) is 23.4. The molecule has 1 fully saturated rings. The SMILES string of the molecule is CCOc1cc(/C=C2/SC(=S)N(c3ccccc3F)C2=O)ccc1O[C@H](C)c1ccccc1. The summed E-state index contributed by atoms with van der Waals surface area (Å²) in [7, 11) is 0. The van der Waals surface area contributed by atoms with Gasteiger partial charge in [-0.3, -0.25) is 9.69 Å². The van der Waals surface area contributed by atoms with Crippen molar-refractivity contribution in [2.45, 2.75) is 20.0 Å². The van der Waals surface area contributed by atoms with Crippen LogP contribution >= 0.6 is 24.0 Å².